The predicted molar refractivity (Wildman–Crippen MR) is 95.5 cm³/mol. The predicted octanol–water partition coefficient (Wildman–Crippen LogP) is 2.14. The Kier molecular flexibility index (Phi) is 4.41. The number of rotatable bonds is 1. The zero-order valence-corrected chi connectivity index (χ0v) is 16.2. The van der Waals surface area contributed by atoms with Crippen molar-refractivity contribution in [2.24, 2.45) is 4.99 Å². The lowest BCUT2D eigenvalue weighted by atomic mass is 9.94. The van der Waals surface area contributed by atoms with Gasteiger partial charge in [0, 0.05) is 0 Å². The Morgan fingerprint density at radius 2 is 1.79 bits per heavy atom. The van der Waals surface area contributed by atoms with E-state index in [9.17, 15) is 5.21 Å². The first-order chi connectivity index (χ1) is 11.2. The molecule has 6 heteroatoms. The Balaban J connectivity index is 1.91. The van der Waals surface area contributed by atoms with Crippen LogP contribution in [0, 0.1) is 0 Å². The summed E-state index contributed by atoms with van der Waals surface area (Å²) in [4.78, 5) is 9.55. The summed E-state index contributed by atoms with van der Waals surface area (Å²) in [5, 5.41) is 13.9. The highest BCUT2D eigenvalue weighted by atomic mass is 16.5. The van der Waals surface area contributed by atoms with E-state index in [4.69, 9.17) is 4.99 Å². The topological polar surface area (TPSA) is 45.0 Å². The van der Waals surface area contributed by atoms with Crippen molar-refractivity contribution in [2.75, 3.05) is 27.2 Å². The van der Waals surface area contributed by atoms with E-state index in [-0.39, 0.29) is 0 Å². The van der Waals surface area contributed by atoms with Crippen LogP contribution in [-0.2, 0) is 5.21 Å². The lowest BCUT2D eigenvalue weighted by Gasteiger charge is -2.34. The first-order valence-corrected chi connectivity index (χ1v) is 9.32. The second-order valence-electron chi connectivity index (χ2n) is 8.56. The van der Waals surface area contributed by atoms with Crippen molar-refractivity contribution in [3.63, 3.8) is 0 Å². The molecule has 1 radical (unpaired) electrons. The highest BCUT2D eigenvalue weighted by Crippen LogP contribution is 2.35. The average Bonchev–Trinajstić information content (AvgIpc) is 2.99. The van der Waals surface area contributed by atoms with Crippen LogP contribution in [0.15, 0.2) is 4.99 Å². The Bertz CT molecular complexity index is 560. The molecule has 0 bridgehead atoms. The lowest BCUT2D eigenvalue weighted by Crippen LogP contribution is -2.57. The number of guanidine groups is 1. The van der Waals surface area contributed by atoms with E-state index in [1.54, 1.807) is 0 Å². The number of hydroxylamine groups is 2. The molecule has 24 heavy (non-hydrogen) atoms. The molecular formula is C18H33N5O+. The van der Waals surface area contributed by atoms with Crippen LogP contribution in [0.4, 0.5) is 0 Å². The van der Waals surface area contributed by atoms with Gasteiger partial charge in [0.25, 0.3) is 0 Å². The summed E-state index contributed by atoms with van der Waals surface area (Å²) in [7, 11) is 4.36. The molecule has 1 fully saturated rings. The Labute approximate surface area is 146 Å². The summed E-state index contributed by atoms with van der Waals surface area (Å²) < 4.78 is 2.31. The minimum absolute atomic E-state index is 0.596. The van der Waals surface area contributed by atoms with Gasteiger partial charge in [0.2, 0.25) is 0 Å². The fraction of sp³-hybridized carbons (Fsp3) is 0.889. The second kappa shape index (κ2) is 5.99. The van der Waals surface area contributed by atoms with Crippen LogP contribution in [0.5, 0.6) is 0 Å². The monoisotopic (exact) mass is 335 g/mol. The molecule has 0 aromatic rings. The summed E-state index contributed by atoms with van der Waals surface area (Å²) in [6.45, 7) is 9.65. The van der Waals surface area contributed by atoms with Crippen molar-refractivity contribution in [3.05, 3.63) is 0 Å². The molecule has 1 aliphatic carbocycles. The molecule has 2 heterocycles. The van der Waals surface area contributed by atoms with Gasteiger partial charge in [0.1, 0.15) is 17.7 Å². The van der Waals surface area contributed by atoms with Gasteiger partial charge in [0.05, 0.1) is 26.7 Å². The fourth-order valence-electron chi connectivity index (χ4n) is 4.55. The van der Waals surface area contributed by atoms with Crippen LogP contribution >= 0.6 is 0 Å². The molecule has 135 valence electrons. The molecule has 6 nitrogen and oxygen atoms in total. The summed E-state index contributed by atoms with van der Waals surface area (Å²) in [6.07, 6.45) is 6.52. The first-order valence-electron chi connectivity index (χ1n) is 9.32. The van der Waals surface area contributed by atoms with Gasteiger partial charge in [-0.15, -0.1) is 10.3 Å². The Morgan fingerprint density at radius 3 is 2.33 bits per heavy atom. The van der Waals surface area contributed by atoms with Gasteiger partial charge in [-0.3, -0.25) is 9.48 Å². The molecule has 0 atom stereocenters. The Morgan fingerprint density at radius 1 is 1.17 bits per heavy atom. The van der Waals surface area contributed by atoms with Crippen molar-refractivity contribution >= 4 is 11.8 Å². The van der Waals surface area contributed by atoms with E-state index in [0.717, 1.165) is 24.0 Å². The Hall–Kier alpha value is -1.14. The van der Waals surface area contributed by atoms with E-state index in [1.807, 2.05) is 27.7 Å². The van der Waals surface area contributed by atoms with Crippen LogP contribution in [-0.4, -0.2) is 75.7 Å². The summed E-state index contributed by atoms with van der Waals surface area (Å²) in [5.41, 5.74) is -1.30. The largest absolute Gasteiger partial charge is 0.356 e. The number of likely N-dealkylation sites (N-methyl/N-ethyl adjacent to an activating group) is 1. The summed E-state index contributed by atoms with van der Waals surface area (Å²) in [5.74, 6) is 2.12. The van der Waals surface area contributed by atoms with Gasteiger partial charge in [-0.25, -0.2) is 9.89 Å². The van der Waals surface area contributed by atoms with E-state index < -0.39 is 11.2 Å². The number of nitrogens with zero attached hydrogens (tertiary/aromatic N) is 5. The molecule has 2 aliphatic heterocycles. The van der Waals surface area contributed by atoms with Gasteiger partial charge >= 0.3 is 5.96 Å². The van der Waals surface area contributed by atoms with E-state index >= 15 is 0 Å². The normalized spacial score (nSPS) is 27.8. The highest BCUT2D eigenvalue weighted by molar-refractivity contribution is 6.04. The zero-order chi connectivity index (χ0) is 17.7. The molecule has 0 amide bonds. The number of hydrogen-bond acceptors (Lipinski definition) is 4. The minimum Gasteiger partial charge on any atom is -0.264 e. The van der Waals surface area contributed by atoms with Crippen molar-refractivity contribution < 1.29 is 9.78 Å². The van der Waals surface area contributed by atoms with Crippen molar-refractivity contribution in [1.29, 1.82) is 0 Å². The third kappa shape index (κ3) is 2.73. The van der Waals surface area contributed by atoms with Crippen molar-refractivity contribution in [2.45, 2.75) is 77.0 Å². The van der Waals surface area contributed by atoms with Crippen LogP contribution in [0.25, 0.3) is 0 Å². The summed E-state index contributed by atoms with van der Waals surface area (Å²) >= 11 is 0. The molecule has 0 saturated heterocycles. The average molecular weight is 335 g/mol. The minimum atomic E-state index is -0.700. The van der Waals surface area contributed by atoms with Crippen molar-refractivity contribution in [3.8, 4) is 0 Å². The van der Waals surface area contributed by atoms with Crippen LogP contribution in [0.3, 0.4) is 0 Å². The van der Waals surface area contributed by atoms with Crippen molar-refractivity contribution in [1.82, 2.24) is 14.9 Å². The molecule has 1 saturated carbocycles. The molecular weight excluding hydrogens is 302 g/mol. The number of aliphatic imine (C=N–C) groups is 1. The molecule has 0 unspecified atom stereocenters. The molecule has 0 spiro atoms. The third-order valence-electron chi connectivity index (χ3n) is 5.87. The number of hydrogen-bond donors (Lipinski definition) is 0. The smallest absolute Gasteiger partial charge is 0.264 e. The molecule has 0 aromatic carbocycles. The highest BCUT2D eigenvalue weighted by Gasteiger charge is 2.55. The summed E-state index contributed by atoms with van der Waals surface area (Å²) in [6, 6.07) is 0.596. The standard InChI is InChI=1S/C18H33N5O/c1-17(2)15(19-18(3,4)23(17)24)22-13-12-20(5)16(22)21(6)14-10-8-7-9-11-14/h14H,7-13H2,1-6H3/q+1. The van der Waals surface area contributed by atoms with Crippen LogP contribution in [0.1, 0.15) is 59.8 Å². The molecule has 3 rings (SSSR count). The molecule has 3 aliphatic rings. The SMILES string of the molecule is CN(C1=[N+](C)CCN1C1=NC(C)(C)N([O])C1(C)C)C1CCCCC1. The van der Waals surface area contributed by atoms with Gasteiger partial charge < -0.3 is 0 Å². The number of amidine groups is 1. The fourth-order valence-corrected chi connectivity index (χ4v) is 4.55. The van der Waals surface area contributed by atoms with Crippen LogP contribution < -0.4 is 0 Å². The lowest BCUT2D eigenvalue weighted by molar-refractivity contribution is -0.491. The van der Waals surface area contributed by atoms with E-state index in [1.165, 1.54) is 38.1 Å². The van der Waals surface area contributed by atoms with E-state index in [0.29, 0.717) is 6.04 Å². The maximum Gasteiger partial charge on any atom is 0.356 e. The first kappa shape index (κ1) is 17.7. The van der Waals surface area contributed by atoms with E-state index in [2.05, 4.69) is 28.5 Å². The van der Waals surface area contributed by atoms with Gasteiger partial charge in [-0.2, -0.15) is 0 Å². The third-order valence-corrected chi connectivity index (χ3v) is 5.87. The van der Waals surface area contributed by atoms with Gasteiger partial charge in [0.15, 0.2) is 5.84 Å². The van der Waals surface area contributed by atoms with Gasteiger partial charge in [-0.1, -0.05) is 19.3 Å². The van der Waals surface area contributed by atoms with Crippen LogP contribution in [0.2, 0.25) is 0 Å². The zero-order valence-electron chi connectivity index (χ0n) is 16.2. The molecule has 0 aromatic heterocycles. The molecule has 0 N–H and O–H groups in total. The quantitative estimate of drug-likeness (QED) is 0.690. The second-order valence-corrected chi connectivity index (χ2v) is 8.56. The maximum absolute atomic E-state index is 12.7. The van der Waals surface area contributed by atoms with Gasteiger partial charge in [-0.05, 0) is 40.5 Å². The maximum atomic E-state index is 12.7.